The van der Waals surface area contributed by atoms with Crippen LogP contribution in [0.1, 0.15) is 79.1 Å². The van der Waals surface area contributed by atoms with Crippen LogP contribution in [-0.4, -0.2) is 12.6 Å². The molecule has 108 valence electrons. The van der Waals surface area contributed by atoms with Gasteiger partial charge in [0.2, 0.25) is 0 Å². The Hall–Kier alpha value is -0.0400. The van der Waals surface area contributed by atoms with Crippen molar-refractivity contribution in [2.24, 2.45) is 17.8 Å². The number of nitrogens with one attached hydrogen (secondary N) is 1. The van der Waals surface area contributed by atoms with Crippen LogP contribution in [0.25, 0.3) is 0 Å². The van der Waals surface area contributed by atoms with Gasteiger partial charge in [-0.05, 0) is 56.4 Å². The lowest BCUT2D eigenvalue weighted by Gasteiger charge is -2.37. The Morgan fingerprint density at radius 2 is 1.94 bits per heavy atom. The normalized spacial score (nSPS) is 28.8. The zero-order valence-electron chi connectivity index (χ0n) is 13.2. The Labute approximate surface area is 115 Å². The highest BCUT2D eigenvalue weighted by atomic mass is 14.9. The Morgan fingerprint density at radius 3 is 2.56 bits per heavy atom. The molecule has 1 saturated carbocycles. The molecule has 0 aromatic heterocycles. The van der Waals surface area contributed by atoms with Crippen LogP contribution >= 0.6 is 0 Å². The average molecular weight is 253 g/mol. The van der Waals surface area contributed by atoms with Gasteiger partial charge in [-0.2, -0.15) is 0 Å². The van der Waals surface area contributed by atoms with E-state index in [2.05, 4.69) is 33.0 Å². The smallest absolute Gasteiger partial charge is 0.00955 e. The number of hydrogen-bond donors (Lipinski definition) is 1. The van der Waals surface area contributed by atoms with Gasteiger partial charge in [0, 0.05) is 6.04 Å². The Balaban J connectivity index is 2.38. The van der Waals surface area contributed by atoms with E-state index in [-0.39, 0.29) is 0 Å². The maximum atomic E-state index is 3.80. The van der Waals surface area contributed by atoms with Gasteiger partial charge in [-0.15, -0.1) is 0 Å². The van der Waals surface area contributed by atoms with Crippen LogP contribution in [0.2, 0.25) is 0 Å². The summed E-state index contributed by atoms with van der Waals surface area (Å²) in [6.07, 6.45) is 11.3. The number of rotatable bonds is 8. The quantitative estimate of drug-likeness (QED) is 0.641. The van der Waals surface area contributed by atoms with Gasteiger partial charge in [-0.3, -0.25) is 0 Å². The van der Waals surface area contributed by atoms with Gasteiger partial charge in [0.1, 0.15) is 0 Å². The zero-order chi connectivity index (χ0) is 13.4. The van der Waals surface area contributed by atoms with E-state index in [1.165, 1.54) is 57.9 Å². The van der Waals surface area contributed by atoms with Gasteiger partial charge in [-0.1, -0.05) is 47.0 Å². The van der Waals surface area contributed by atoms with Crippen molar-refractivity contribution in [2.45, 2.75) is 85.1 Å². The lowest BCUT2D eigenvalue weighted by molar-refractivity contribution is 0.185. The molecule has 0 aromatic rings. The van der Waals surface area contributed by atoms with Crippen molar-refractivity contribution in [2.75, 3.05) is 6.54 Å². The SMILES string of the molecule is CCCNC1CCC(CC)CC1CCCC(C)C. The van der Waals surface area contributed by atoms with Crippen molar-refractivity contribution >= 4 is 0 Å². The molecule has 0 heterocycles. The average Bonchev–Trinajstić information content (AvgIpc) is 2.36. The van der Waals surface area contributed by atoms with Gasteiger partial charge in [0.05, 0.1) is 0 Å². The molecule has 3 unspecified atom stereocenters. The second kappa shape index (κ2) is 8.96. The Morgan fingerprint density at radius 1 is 1.17 bits per heavy atom. The summed E-state index contributed by atoms with van der Waals surface area (Å²) in [5.74, 6) is 2.83. The summed E-state index contributed by atoms with van der Waals surface area (Å²) in [6.45, 7) is 10.6. The largest absolute Gasteiger partial charge is 0.314 e. The van der Waals surface area contributed by atoms with Crippen LogP contribution in [0.3, 0.4) is 0 Å². The standard InChI is InChI=1S/C17H35N/c1-5-12-18-17-11-10-15(6-2)13-16(17)9-7-8-14(3)4/h14-18H,5-13H2,1-4H3. The van der Waals surface area contributed by atoms with Gasteiger partial charge < -0.3 is 5.32 Å². The summed E-state index contributed by atoms with van der Waals surface area (Å²) in [7, 11) is 0. The van der Waals surface area contributed by atoms with Crippen LogP contribution in [0.4, 0.5) is 0 Å². The third-order valence-electron chi connectivity index (χ3n) is 4.68. The fourth-order valence-electron chi connectivity index (χ4n) is 3.44. The molecule has 0 saturated heterocycles. The lowest BCUT2D eigenvalue weighted by Crippen LogP contribution is -2.41. The molecular formula is C17H35N. The van der Waals surface area contributed by atoms with E-state index in [9.17, 15) is 0 Å². The second-order valence-electron chi connectivity index (χ2n) is 6.73. The topological polar surface area (TPSA) is 12.0 Å². The third kappa shape index (κ3) is 5.73. The fraction of sp³-hybridized carbons (Fsp3) is 1.00. The fourth-order valence-corrected chi connectivity index (χ4v) is 3.44. The van der Waals surface area contributed by atoms with Crippen LogP contribution in [0.15, 0.2) is 0 Å². The van der Waals surface area contributed by atoms with Crippen LogP contribution in [0, 0.1) is 17.8 Å². The van der Waals surface area contributed by atoms with E-state index in [0.29, 0.717) is 0 Å². The predicted molar refractivity (Wildman–Crippen MR) is 81.9 cm³/mol. The molecule has 0 spiro atoms. The molecule has 0 radical (unpaired) electrons. The van der Waals surface area contributed by atoms with Gasteiger partial charge in [-0.25, -0.2) is 0 Å². The minimum Gasteiger partial charge on any atom is -0.314 e. The van der Waals surface area contributed by atoms with E-state index in [4.69, 9.17) is 0 Å². The molecule has 1 rings (SSSR count). The highest BCUT2D eigenvalue weighted by molar-refractivity contribution is 4.84. The lowest BCUT2D eigenvalue weighted by atomic mass is 9.74. The molecule has 0 aliphatic heterocycles. The molecule has 1 N–H and O–H groups in total. The monoisotopic (exact) mass is 253 g/mol. The molecule has 0 amide bonds. The highest BCUT2D eigenvalue weighted by Crippen LogP contribution is 2.34. The van der Waals surface area contributed by atoms with E-state index < -0.39 is 0 Å². The Kier molecular flexibility index (Phi) is 7.97. The molecular weight excluding hydrogens is 218 g/mol. The first-order valence-electron chi connectivity index (χ1n) is 8.40. The summed E-state index contributed by atoms with van der Waals surface area (Å²) in [5, 5.41) is 3.80. The number of hydrogen-bond acceptors (Lipinski definition) is 1. The molecule has 1 aliphatic carbocycles. The molecule has 1 heteroatoms. The molecule has 1 fully saturated rings. The second-order valence-corrected chi connectivity index (χ2v) is 6.73. The summed E-state index contributed by atoms with van der Waals surface area (Å²) in [6, 6.07) is 0.819. The summed E-state index contributed by atoms with van der Waals surface area (Å²) >= 11 is 0. The van der Waals surface area contributed by atoms with Crippen molar-refractivity contribution in [3.05, 3.63) is 0 Å². The maximum Gasteiger partial charge on any atom is 0.00955 e. The molecule has 0 aromatic carbocycles. The minimum absolute atomic E-state index is 0.819. The van der Waals surface area contributed by atoms with Gasteiger partial charge >= 0.3 is 0 Å². The first-order valence-corrected chi connectivity index (χ1v) is 8.40. The van der Waals surface area contributed by atoms with E-state index in [1.807, 2.05) is 0 Å². The van der Waals surface area contributed by atoms with Gasteiger partial charge in [0.15, 0.2) is 0 Å². The van der Waals surface area contributed by atoms with Crippen LogP contribution in [-0.2, 0) is 0 Å². The van der Waals surface area contributed by atoms with E-state index >= 15 is 0 Å². The van der Waals surface area contributed by atoms with Crippen molar-refractivity contribution in [1.82, 2.24) is 5.32 Å². The molecule has 1 nitrogen and oxygen atoms in total. The van der Waals surface area contributed by atoms with E-state index in [0.717, 1.165) is 23.8 Å². The van der Waals surface area contributed by atoms with Crippen molar-refractivity contribution in [3.8, 4) is 0 Å². The summed E-state index contributed by atoms with van der Waals surface area (Å²) in [4.78, 5) is 0. The summed E-state index contributed by atoms with van der Waals surface area (Å²) < 4.78 is 0. The third-order valence-corrected chi connectivity index (χ3v) is 4.68. The molecule has 0 bridgehead atoms. The van der Waals surface area contributed by atoms with Gasteiger partial charge in [0.25, 0.3) is 0 Å². The first kappa shape index (κ1) is 16.0. The Bertz CT molecular complexity index is 200. The van der Waals surface area contributed by atoms with Crippen molar-refractivity contribution < 1.29 is 0 Å². The molecule has 18 heavy (non-hydrogen) atoms. The van der Waals surface area contributed by atoms with E-state index in [1.54, 1.807) is 0 Å². The highest BCUT2D eigenvalue weighted by Gasteiger charge is 2.28. The molecule has 1 aliphatic rings. The zero-order valence-corrected chi connectivity index (χ0v) is 13.2. The summed E-state index contributed by atoms with van der Waals surface area (Å²) in [5.41, 5.74) is 0. The first-order chi connectivity index (χ1) is 8.67. The van der Waals surface area contributed by atoms with Crippen LogP contribution in [0.5, 0.6) is 0 Å². The maximum absolute atomic E-state index is 3.80. The predicted octanol–water partition coefficient (Wildman–Crippen LogP) is 5.01. The van der Waals surface area contributed by atoms with Crippen molar-refractivity contribution in [1.29, 1.82) is 0 Å². The van der Waals surface area contributed by atoms with Crippen molar-refractivity contribution in [3.63, 3.8) is 0 Å². The van der Waals surface area contributed by atoms with Crippen LogP contribution < -0.4 is 5.32 Å². The molecule has 3 atom stereocenters. The minimum atomic E-state index is 0.819.